The molecule has 1 heterocycles. The van der Waals surface area contributed by atoms with Crippen LogP contribution in [0.3, 0.4) is 0 Å². The van der Waals surface area contributed by atoms with Crippen molar-refractivity contribution in [3.05, 3.63) is 34.1 Å². The Hall–Kier alpha value is -2.18. The number of nitro benzene ring substituents is 1. The van der Waals surface area contributed by atoms with Crippen molar-refractivity contribution in [1.29, 1.82) is 0 Å². The summed E-state index contributed by atoms with van der Waals surface area (Å²) in [6.07, 6.45) is 1.83. The summed E-state index contributed by atoms with van der Waals surface area (Å²) in [6, 6.07) is 2.71. The first-order valence-corrected chi connectivity index (χ1v) is 6.47. The molecule has 1 aliphatic rings. The van der Waals surface area contributed by atoms with Crippen molar-refractivity contribution in [2.45, 2.75) is 19.8 Å². The summed E-state index contributed by atoms with van der Waals surface area (Å²) in [5.74, 6) is -0.124. The fourth-order valence-electron chi connectivity index (χ4n) is 2.17. The monoisotopic (exact) mass is 281 g/mol. The summed E-state index contributed by atoms with van der Waals surface area (Å²) in [5, 5.41) is 13.3. The van der Waals surface area contributed by atoms with E-state index in [-0.39, 0.29) is 11.7 Å². The van der Waals surface area contributed by atoms with Gasteiger partial charge in [-0.3, -0.25) is 10.1 Å². The maximum atomic E-state index is 13.0. The zero-order valence-electron chi connectivity index (χ0n) is 11.1. The van der Waals surface area contributed by atoms with Crippen LogP contribution in [0.4, 0.5) is 20.6 Å². The number of amides is 2. The van der Waals surface area contributed by atoms with Crippen molar-refractivity contribution >= 4 is 17.4 Å². The second kappa shape index (κ2) is 5.85. The Labute approximate surface area is 115 Å². The molecule has 1 saturated heterocycles. The third kappa shape index (κ3) is 3.23. The molecule has 0 atom stereocenters. The third-order valence-electron chi connectivity index (χ3n) is 3.47. The number of hydrogen-bond acceptors (Lipinski definition) is 3. The summed E-state index contributed by atoms with van der Waals surface area (Å²) in [4.78, 5) is 23.8. The van der Waals surface area contributed by atoms with E-state index in [0.29, 0.717) is 19.0 Å². The van der Waals surface area contributed by atoms with Gasteiger partial charge in [-0.2, -0.15) is 0 Å². The highest BCUT2D eigenvalue weighted by Crippen LogP contribution is 2.26. The fraction of sp³-hybridized carbons (Fsp3) is 0.462. The number of carbonyl (C=O) groups is 1. The van der Waals surface area contributed by atoms with Gasteiger partial charge in [0, 0.05) is 13.1 Å². The minimum Gasteiger partial charge on any atom is -0.325 e. The Bertz CT molecular complexity index is 528. The van der Waals surface area contributed by atoms with Gasteiger partial charge in [-0.15, -0.1) is 0 Å². The molecule has 0 spiro atoms. The molecule has 20 heavy (non-hydrogen) atoms. The molecule has 0 aromatic heterocycles. The highest BCUT2D eigenvalue weighted by Gasteiger charge is 2.23. The molecular weight excluding hydrogens is 265 g/mol. The molecule has 0 aliphatic carbocycles. The summed E-state index contributed by atoms with van der Waals surface area (Å²) in [5.41, 5.74) is -0.427. The first kappa shape index (κ1) is 14.2. The number of nitrogens with one attached hydrogen (secondary N) is 1. The number of urea groups is 1. The highest BCUT2D eigenvalue weighted by atomic mass is 19.1. The Balaban J connectivity index is 2.10. The fourth-order valence-corrected chi connectivity index (χ4v) is 2.17. The van der Waals surface area contributed by atoms with Crippen molar-refractivity contribution < 1.29 is 14.1 Å². The van der Waals surface area contributed by atoms with E-state index in [1.165, 1.54) is 6.07 Å². The number of nitro groups is 1. The van der Waals surface area contributed by atoms with Crippen molar-refractivity contribution in [3.63, 3.8) is 0 Å². The molecule has 7 heteroatoms. The molecule has 1 aliphatic heterocycles. The lowest BCUT2D eigenvalue weighted by Crippen LogP contribution is -2.40. The van der Waals surface area contributed by atoms with Gasteiger partial charge in [0.1, 0.15) is 11.5 Å². The molecule has 0 radical (unpaired) electrons. The van der Waals surface area contributed by atoms with Crippen LogP contribution in [0.2, 0.25) is 0 Å². The number of benzene rings is 1. The minimum absolute atomic E-state index is 0.0139. The lowest BCUT2D eigenvalue weighted by molar-refractivity contribution is -0.384. The van der Waals surface area contributed by atoms with Crippen molar-refractivity contribution in [1.82, 2.24) is 4.90 Å². The van der Waals surface area contributed by atoms with Crippen LogP contribution in [0.25, 0.3) is 0 Å². The number of anilines is 1. The van der Waals surface area contributed by atoms with E-state index >= 15 is 0 Å². The van der Waals surface area contributed by atoms with Gasteiger partial charge in [0.25, 0.3) is 5.69 Å². The lowest BCUT2D eigenvalue weighted by atomic mass is 10.00. The molecule has 2 amide bonds. The van der Waals surface area contributed by atoms with Gasteiger partial charge in [0.15, 0.2) is 0 Å². The first-order chi connectivity index (χ1) is 9.47. The molecule has 1 aromatic rings. The SMILES string of the molecule is CC1CCN(C(=O)Nc2ccc(F)cc2[N+](=O)[O-])CC1. The zero-order valence-corrected chi connectivity index (χ0v) is 11.1. The number of hydrogen-bond donors (Lipinski definition) is 1. The van der Waals surface area contributed by atoms with Crippen molar-refractivity contribution in [3.8, 4) is 0 Å². The molecule has 0 saturated carbocycles. The molecule has 108 valence electrons. The van der Waals surface area contributed by atoms with Gasteiger partial charge < -0.3 is 10.2 Å². The largest absolute Gasteiger partial charge is 0.325 e. The number of rotatable bonds is 2. The lowest BCUT2D eigenvalue weighted by Gasteiger charge is -2.30. The van der Waals surface area contributed by atoms with E-state index in [9.17, 15) is 19.3 Å². The van der Waals surface area contributed by atoms with Crippen LogP contribution in [0.5, 0.6) is 0 Å². The van der Waals surface area contributed by atoms with E-state index in [0.717, 1.165) is 25.0 Å². The van der Waals surface area contributed by atoms with E-state index in [4.69, 9.17) is 0 Å². The molecule has 2 rings (SSSR count). The minimum atomic E-state index is -0.711. The number of nitrogens with zero attached hydrogens (tertiary/aromatic N) is 2. The van der Waals surface area contributed by atoms with Crippen LogP contribution in [0.15, 0.2) is 18.2 Å². The summed E-state index contributed by atoms with van der Waals surface area (Å²) < 4.78 is 13.0. The predicted octanol–water partition coefficient (Wildman–Crippen LogP) is 3.00. The second-order valence-corrected chi connectivity index (χ2v) is 5.02. The van der Waals surface area contributed by atoms with Crippen LogP contribution >= 0.6 is 0 Å². The number of piperidine rings is 1. The zero-order chi connectivity index (χ0) is 14.7. The Kier molecular flexibility index (Phi) is 4.16. The van der Waals surface area contributed by atoms with E-state index < -0.39 is 16.4 Å². The van der Waals surface area contributed by atoms with Crippen LogP contribution in [0, 0.1) is 21.8 Å². The third-order valence-corrected chi connectivity index (χ3v) is 3.47. The standard InChI is InChI=1S/C13H16FN3O3/c1-9-4-6-16(7-5-9)13(18)15-11-3-2-10(14)8-12(11)17(19)20/h2-3,8-9H,4-7H2,1H3,(H,15,18). The van der Waals surface area contributed by atoms with Crippen molar-refractivity contribution in [2.24, 2.45) is 5.92 Å². The van der Waals surface area contributed by atoms with Gasteiger partial charge in [-0.05, 0) is 30.9 Å². The Morgan fingerprint density at radius 1 is 1.45 bits per heavy atom. The highest BCUT2D eigenvalue weighted by molar-refractivity contribution is 5.91. The predicted molar refractivity (Wildman–Crippen MR) is 72.0 cm³/mol. The van der Waals surface area contributed by atoms with Crippen molar-refractivity contribution in [2.75, 3.05) is 18.4 Å². The topological polar surface area (TPSA) is 75.5 Å². The average Bonchev–Trinajstić information content (AvgIpc) is 2.41. The first-order valence-electron chi connectivity index (χ1n) is 6.47. The molecule has 0 bridgehead atoms. The maximum absolute atomic E-state index is 13.0. The van der Waals surface area contributed by atoms with Gasteiger partial charge in [0.05, 0.1) is 11.0 Å². The summed E-state index contributed by atoms with van der Waals surface area (Å²) in [7, 11) is 0. The Morgan fingerprint density at radius 3 is 2.70 bits per heavy atom. The van der Waals surface area contributed by atoms with Gasteiger partial charge in [-0.25, -0.2) is 9.18 Å². The summed E-state index contributed by atoms with van der Waals surface area (Å²) in [6.45, 7) is 3.38. The van der Waals surface area contributed by atoms with Crippen LogP contribution in [-0.2, 0) is 0 Å². The average molecular weight is 281 g/mol. The van der Waals surface area contributed by atoms with Crippen LogP contribution in [-0.4, -0.2) is 28.9 Å². The molecule has 1 aromatic carbocycles. The second-order valence-electron chi connectivity index (χ2n) is 5.02. The van der Waals surface area contributed by atoms with Gasteiger partial charge in [-0.1, -0.05) is 6.92 Å². The van der Waals surface area contributed by atoms with E-state index in [2.05, 4.69) is 12.2 Å². The molecule has 1 fully saturated rings. The van der Waals surface area contributed by atoms with Gasteiger partial charge in [0.2, 0.25) is 0 Å². The molecular formula is C13H16FN3O3. The Morgan fingerprint density at radius 2 is 2.10 bits per heavy atom. The molecule has 0 unspecified atom stereocenters. The smallest absolute Gasteiger partial charge is 0.322 e. The van der Waals surface area contributed by atoms with Crippen LogP contribution in [0.1, 0.15) is 19.8 Å². The number of likely N-dealkylation sites (tertiary alicyclic amines) is 1. The molecule has 6 nitrogen and oxygen atoms in total. The number of halogens is 1. The maximum Gasteiger partial charge on any atom is 0.322 e. The molecule has 1 N–H and O–H groups in total. The normalized spacial score (nSPS) is 16.0. The quantitative estimate of drug-likeness (QED) is 0.668. The summed E-state index contributed by atoms with van der Waals surface area (Å²) >= 11 is 0. The van der Waals surface area contributed by atoms with Gasteiger partial charge >= 0.3 is 6.03 Å². The van der Waals surface area contributed by atoms with E-state index in [1.54, 1.807) is 4.90 Å². The van der Waals surface area contributed by atoms with Crippen LogP contribution < -0.4 is 5.32 Å². The van der Waals surface area contributed by atoms with E-state index in [1.807, 2.05) is 0 Å². The number of carbonyl (C=O) groups excluding carboxylic acids is 1.